The first kappa shape index (κ1) is 14.6. The number of hydrogen-bond donors (Lipinski definition) is 1. The molecule has 0 saturated heterocycles. The molecule has 0 aliphatic heterocycles. The third kappa shape index (κ3) is 5.15. The molecular formula is C13H24N2OS. The maximum absolute atomic E-state index is 5.86. The molecule has 0 aliphatic carbocycles. The summed E-state index contributed by atoms with van der Waals surface area (Å²) in [6.07, 6.45) is 2.14. The summed E-state index contributed by atoms with van der Waals surface area (Å²) in [6, 6.07) is 2.16. The number of rotatable bonds is 8. The maximum atomic E-state index is 5.86. The van der Waals surface area contributed by atoms with Crippen LogP contribution in [-0.4, -0.2) is 37.0 Å². The van der Waals surface area contributed by atoms with Crippen LogP contribution in [0.25, 0.3) is 0 Å². The Hall–Kier alpha value is -0.450. The lowest BCUT2D eigenvalue weighted by molar-refractivity contribution is 0.304. The van der Waals surface area contributed by atoms with E-state index >= 15 is 0 Å². The van der Waals surface area contributed by atoms with E-state index in [0.717, 1.165) is 37.7 Å². The fraction of sp³-hybridized carbons (Fsp3) is 0.692. The van der Waals surface area contributed by atoms with Crippen LogP contribution in [0.3, 0.4) is 0 Å². The lowest BCUT2D eigenvalue weighted by Gasteiger charge is -2.13. The zero-order valence-electron chi connectivity index (χ0n) is 11.4. The van der Waals surface area contributed by atoms with Gasteiger partial charge in [0.25, 0.3) is 0 Å². The summed E-state index contributed by atoms with van der Waals surface area (Å²) in [5, 5.41) is 3.30. The number of hydrogen-bond acceptors (Lipinski definition) is 4. The fourth-order valence-corrected chi connectivity index (χ4v) is 2.17. The first-order chi connectivity index (χ1) is 8.17. The van der Waals surface area contributed by atoms with Crippen LogP contribution in [0.4, 0.5) is 0 Å². The largest absolute Gasteiger partial charge is 0.463 e. The fourth-order valence-electron chi connectivity index (χ4n) is 1.67. The third-order valence-corrected chi connectivity index (χ3v) is 3.30. The number of furan rings is 1. The molecule has 1 N–H and O–H groups in total. The zero-order chi connectivity index (χ0) is 12.7. The monoisotopic (exact) mass is 256 g/mol. The maximum Gasteiger partial charge on any atom is 0.120 e. The molecule has 1 rings (SSSR count). The summed E-state index contributed by atoms with van der Waals surface area (Å²) in [4.78, 5) is 2.30. The minimum absolute atomic E-state index is 0.830. The Bertz CT molecular complexity index is 325. The van der Waals surface area contributed by atoms with Crippen molar-refractivity contribution in [3.63, 3.8) is 0 Å². The molecule has 98 valence electrons. The highest BCUT2D eigenvalue weighted by Gasteiger charge is 2.08. The number of thioether (sulfide) groups is 1. The molecule has 0 spiro atoms. The van der Waals surface area contributed by atoms with E-state index in [1.807, 2.05) is 11.8 Å². The third-order valence-electron chi connectivity index (χ3n) is 2.71. The SMILES string of the molecule is CCNCc1oc(CN(C)CCSC)cc1C. The van der Waals surface area contributed by atoms with E-state index in [1.165, 1.54) is 11.3 Å². The van der Waals surface area contributed by atoms with Crippen molar-refractivity contribution in [2.75, 3.05) is 32.1 Å². The Morgan fingerprint density at radius 1 is 1.47 bits per heavy atom. The summed E-state index contributed by atoms with van der Waals surface area (Å²) in [5.41, 5.74) is 1.25. The summed E-state index contributed by atoms with van der Waals surface area (Å²) in [5.74, 6) is 3.31. The quantitative estimate of drug-likeness (QED) is 0.773. The molecule has 0 atom stereocenters. The van der Waals surface area contributed by atoms with Crippen LogP contribution in [0.5, 0.6) is 0 Å². The molecule has 3 nitrogen and oxygen atoms in total. The summed E-state index contributed by atoms with van der Waals surface area (Å²) in [6.45, 7) is 8.02. The zero-order valence-corrected chi connectivity index (χ0v) is 12.2. The van der Waals surface area contributed by atoms with Crippen molar-refractivity contribution in [2.24, 2.45) is 0 Å². The van der Waals surface area contributed by atoms with Gasteiger partial charge in [0, 0.05) is 12.3 Å². The van der Waals surface area contributed by atoms with E-state index < -0.39 is 0 Å². The van der Waals surface area contributed by atoms with E-state index in [-0.39, 0.29) is 0 Å². The molecule has 0 bridgehead atoms. The minimum atomic E-state index is 0.830. The first-order valence-electron chi connectivity index (χ1n) is 6.13. The van der Waals surface area contributed by atoms with E-state index in [4.69, 9.17) is 4.42 Å². The van der Waals surface area contributed by atoms with Gasteiger partial charge in [-0.2, -0.15) is 11.8 Å². The molecule has 0 saturated carbocycles. The molecule has 17 heavy (non-hydrogen) atoms. The topological polar surface area (TPSA) is 28.4 Å². The Balaban J connectivity index is 2.48. The van der Waals surface area contributed by atoms with Gasteiger partial charge in [-0.1, -0.05) is 6.92 Å². The highest BCUT2D eigenvalue weighted by Crippen LogP contribution is 2.16. The Morgan fingerprint density at radius 3 is 2.88 bits per heavy atom. The van der Waals surface area contributed by atoms with E-state index in [1.54, 1.807) is 0 Å². The molecule has 0 fully saturated rings. The average molecular weight is 256 g/mol. The molecule has 0 radical (unpaired) electrons. The molecule has 0 unspecified atom stereocenters. The molecule has 1 aromatic heterocycles. The highest BCUT2D eigenvalue weighted by atomic mass is 32.2. The molecule has 0 amide bonds. The first-order valence-corrected chi connectivity index (χ1v) is 7.53. The van der Waals surface area contributed by atoms with Gasteiger partial charge in [0.05, 0.1) is 13.1 Å². The van der Waals surface area contributed by atoms with E-state index in [2.05, 4.69) is 43.4 Å². The Labute approximate surface area is 109 Å². The van der Waals surface area contributed by atoms with Gasteiger partial charge < -0.3 is 9.73 Å². The van der Waals surface area contributed by atoms with Crippen LogP contribution >= 0.6 is 11.8 Å². The smallest absolute Gasteiger partial charge is 0.120 e. The molecule has 1 heterocycles. The molecular weight excluding hydrogens is 232 g/mol. The highest BCUT2D eigenvalue weighted by molar-refractivity contribution is 7.98. The van der Waals surface area contributed by atoms with Gasteiger partial charge >= 0.3 is 0 Å². The second-order valence-corrected chi connectivity index (χ2v) is 5.32. The number of nitrogens with zero attached hydrogens (tertiary/aromatic N) is 1. The van der Waals surface area contributed by atoms with Gasteiger partial charge in [-0.15, -0.1) is 0 Å². The van der Waals surface area contributed by atoms with Crippen LogP contribution in [-0.2, 0) is 13.1 Å². The lowest BCUT2D eigenvalue weighted by atomic mass is 10.2. The van der Waals surface area contributed by atoms with Gasteiger partial charge in [-0.3, -0.25) is 4.90 Å². The van der Waals surface area contributed by atoms with Gasteiger partial charge in [0.15, 0.2) is 0 Å². The van der Waals surface area contributed by atoms with Crippen molar-refractivity contribution in [2.45, 2.75) is 26.9 Å². The van der Waals surface area contributed by atoms with Crippen molar-refractivity contribution >= 4 is 11.8 Å². The summed E-state index contributed by atoms with van der Waals surface area (Å²) in [7, 11) is 2.14. The second-order valence-electron chi connectivity index (χ2n) is 4.33. The normalized spacial score (nSPS) is 11.4. The Kier molecular flexibility index (Phi) is 6.70. The van der Waals surface area contributed by atoms with Crippen LogP contribution in [0.1, 0.15) is 24.0 Å². The molecule has 0 aliphatic rings. The van der Waals surface area contributed by atoms with Gasteiger partial charge in [-0.25, -0.2) is 0 Å². The average Bonchev–Trinajstić information content (AvgIpc) is 2.64. The van der Waals surface area contributed by atoms with Crippen molar-refractivity contribution in [1.82, 2.24) is 10.2 Å². The van der Waals surface area contributed by atoms with Crippen LogP contribution in [0.15, 0.2) is 10.5 Å². The summed E-state index contributed by atoms with van der Waals surface area (Å²) >= 11 is 1.88. The predicted octanol–water partition coefficient (Wildman–Crippen LogP) is 2.49. The van der Waals surface area contributed by atoms with E-state index in [0.29, 0.717) is 0 Å². The van der Waals surface area contributed by atoms with Gasteiger partial charge in [0.1, 0.15) is 11.5 Å². The second kappa shape index (κ2) is 7.80. The van der Waals surface area contributed by atoms with E-state index in [9.17, 15) is 0 Å². The van der Waals surface area contributed by atoms with Crippen molar-refractivity contribution in [3.05, 3.63) is 23.2 Å². The van der Waals surface area contributed by atoms with Crippen LogP contribution < -0.4 is 5.32 Å². The Morgan fingerprint density at radius 2 is 2.24 bits per heavy atom. The van der Waals surface area contributed by atoms with Crippen molar-refractivity contribution in [1.29, 1.82) is 0 Å². The van der Waals surface area contributed by atoms with Gasteiger partial charge in [-0.05, 0) is 38.4 Å². The van der Waals surface area contributed by atoms with Crippen molar-refractivity contribution < 1.29 is 4.42 Å². The minimum Gasteiger partial charge on any atom is -0.463 e. The number of aryl methyl sites for hydroxylation is 1. The predicted molar refractivity (Wildman–Crippen MR) is 75.5 cm³/mol. The van der Waals surface area contributed by atoms with Crippen LogP contribution in [0, 0.1) is 6.92 Å². The summed E-state index contributed by atoms with van der Waals surface area (Å²) < 4.78 is 5.86. The standard InChI is InChI=1S/C13H24N2OS/c1-5-14-9-13-11(2)8-12(16-13)10-15(3)6-7-17-4/h8,14H,5-7,9-10H2,1-4H3. The number of nitrogens with one attached hydrogen (secondary N) is 1. The van der Waals surface area contributed by atoms with Crippen molar-refractivity contribution in [3.8, 4) is 0 Å². The van der Waals surface area contributed by atoms with Gasteiger partial charge in [0.2, 0.25) is 0 Å². The molecule has 1 aromatic rings. The lowest BCUT2D eigenvalue weighted by Crippen LogP contribution is -2.20. The molecule has 0 aromatic carbocycles. The molecule has 4 heteroatoms. The van der Waals surface area contributed by atoms with Crippen LogP contribution in [0.2, 0.25) is 0 Å².